The Bertz CT molecular complexity index is 530. The van der Waals surface area contributed by atoms with E-state index < -0.39 is 0 Å². The van der Waals surface area contributed by atoms with Crippen LogP contribution in [-0.2, 0) is 0 Å². The van der Waals surface area contributed by atoms with Crippen LogP contribution >= 0.6 is 0 Å². The Morgan fingerprint density at radius 1 is 1.37 bits per heavy atom. The van der Waals surface area contributed by atoms with E-state index in [9.17, 15) is 0 Å². The zero-order valence-corrected chi connectivity index (χ0v) is 11.9. The Labute approximate surface area is 114 Å². The molecule has 2 aromatic rings. The van der Waals surface area contributed by atoms with Gasteiger partial charge in [-0.15, -0.1) is 0 Å². The molecule has 0 bridgehead atoms. The number of nitrogens with zero attached hydrogens (tertiary/aromatic N) is 3. The molecule has 0 aliphatic carbocycles. The fraction of sp³-hybridized carbons (Fsp3) is 0.571. The van der Waals surface area contributed by atoms with Gasteiger partial charge in [0.25, 0.3) is 0 Å². The van der Waals surface area contributed by atoms with Crippen molar-refractivity contribution in [1.29, 1.82) is 0 Å². The van der Waals surface area contributed by atoms with Gasteiger partial charge in [0.05, 0.1) is 5.69 Å². The lowest BCUT2D eigenvalue weighted by molar-refractivity contribution is 0.407. The second kappa shape index (κ2) is 6.02. The summed E-state index contributed by atoms with van der Waals surface area (Å²) >= 11 is 0. The molecule has 0 amide bonds. The van der Waals surface area contributed by atoms with Crippen molar-refractivity contribution in [3.8, 4) is 0 Å². The molecule has 0 spiro atoms. The summed E-state index contributed by atoms with van der Waals surface area (Å²) in [6, 6.07) is 2.18. The first-order valence-corrected chi connectivity index (χ1v) is 6.96. The number of rotatable bonds is 6. The standard InChI is InChI=1S/C14H23N5/c1-4-11(5-2)12(15)9-17-14-13-8-10(3)18-19(13)7-6-16-14/h6-8,11-12H,4-5,9,15H2,1-3H3,(H,16,17). The maximum absolute atomic E-state index is 6.22. The van der Waals surface area contributed by atoms with Crippen molar-refractivity contribution in [3.63, 3.8) is 0 Å². The Kier molecular flexibility index (Phi) is 4.37. The van der Waals surface area contributed by atoms with Gasteiger partial charge in [0.15, 0.2) is 5.82 Å². The Hall–Kier alpha value is -1.62. The molecule has 2 aromatic heterocycles. The quantitative estimate of drug-likeness (QED) is 0.836. The molecule has 0 saturated heterocycles. The predicted octanol–water partition coefficient (Wildman–Crippen LogP) is 2.21. The molecule has 0 fully saturated rings. The Morgan fingerprint density at radius 2 is 2.11 bits per heavy atom. The molecule has 5 nitrogen and oxygen atoms in total. The summed E-state index contributed by atoms with van der Waals surface area (Å²) < 4.78 is 1.84. The zero-order chi connectivity index (χ0) is 13.8. The lowest BCUT2D eigenvalue weighted by Crippen LogP contribution is -2.36. The monoisotopic (exact) mass is 261 g/mol. The summed E-state index contributed by atoms with van der Waals surface area (Å²) in [6.07, 6.45) is 5.84. The highest BCUT2D eigenvalue weighted by atomic mass is 15.2. The van der Waals surface area contributed by atoms with Crippen molar-refractivity contribution >= 4 is 11.3 Å². The third kappa shape index (κ3) is 3.04. The SMILES string of the molecule is CCC(CC)C(N)CNc1nccn2nc(C)cc12. The third-order valence-electron chi connectivity index (χ3n) is 3.67. The summed E-state index contributed by atoms with van der Waals surface area (Å²) in [5, 5.41) is 7.73. The summed E-state index contributed by atoms with van der Waals surface area (Å²) in [6.45, 7) is 7.09. The van der Waals surface area contributed by atoms with Crippen molar-refractivity contribution in [3.05, 3.63) is 24.2 Å². The molecule has 2 rings (SSSR count). The summed E-state index contributed by atoms with van der Waals surface area (Å²) in [7, 11) is 0. The van der Waals surface area contributed by atoms with Gasteiger partial charge in [-0.2, -0.15) is 5.10 Å². The van der Waals surface area contributed by atoms with Crippen molar-refractivity contribution in [2.24, 2.45) is 11.7 Å². The topological polar surface area (TPSA) is 68.2 Å². The van der Waals surface area contributed by atoms with Crippen LogP contribution in [0.25, 0.3) is 5.52 Å². The van der Waals surface area contributed by atoms with Gasteiger partial charge in [0.1, 0.15) is 5.52 Å². The summed E-state index contributed by atoms with van der Waals surface area (Å²) in [5.74, 6) is 1.41. The summed E-state index contributed by atoms with van der Waals surface area (Å²) in [4.78, 5) is 4.38. The molecular formula is C14H23N5. The van der Waals surface area contributed by atoms with E-state index in [2.05, 4.69) is 29.2 Å². The van der Waals surface area contributed by atoms with Gasteiger partial charge in [-0.3, -0.25) is 0 Å². The van der Waals surface area contributed by atoms with E-state index in [4.69, 9.17) is 5.73 Å². The molecule has 104 valence electrons. The van der Waals surface area contributed by atoms with E-state index >= 15 is 0 Å². The molecule has 5 heteroatoms. The van der Waals surface area contributed by atoms with Crippen LogP contribution < -0.4 is 11.1 Å². The van der Waals surface area contributed by atoms with Gasteiger partial charge in [0, 0.05) is 25.0 Å². The van der Waals surface area contributed by atoms with Gasteiger partial charge in [0.2, 0.25) is 0 Å². The van der Waals surface area contributed by atoms with Crippen molar-refractivity contribution < 1.29 is 0 Å². The van der Waals surface area contributed by atoms with Gasteiger partial charge >= 0.3 is 0 Å². The zero-order valence-electron chi connectivity index (χ0n) is 11.9. The number of anilines is 1. The van der Waals surface area contributed by atoms with Crippen LogP contribution in [0.2, 0.25) is 0 Å². The number of nitrogens with one attached hydrogen (secondary N) is 1. The third-order valence-corrected chi connectivity index (χ3v) is 3.67. The van der Waals surface area contributed by atoms with Crippen LogP contribution in [0.4, 0.5) is 5.82 Å². The van der Waals surface area contributed by atoms with Gasteiger partial charge in [-0.05, 0) is 18.9 Å². The lowest BCUT2D eigenvalue weighted by Gasteiger charge is -2.21. The molecule has 0 aliphatic rings. The second-order valence-corrected chi connectivity index (χ2v) is 5.01. The summed E-state index contributed by atoms with van der Waals surface area (Å²) in [5.41, 5.74) is 8.21. The fourth-order valence-electron chi connectivity index (χ4n) is 2.46. The van der Waals surface area contributed by atoms with Crippen LogP contribution in [0.5, 0.6) is 0 Å². The first kappa shape index (κ1) is 13.8. The number of aryl methyl sites for hydroxylation is 1. The fourth-order valence-corrected chi connectivity index (χ4v) is 2.46. The maximum atomic E-state index is 6.22. The Morgan fingerprint density at radius 3 is 2.79 bits per heavy atom. The van der Waals surface area contributed by atoms with E-state index in [0.717, 1.165) is 36.4 Å². The second-order valence-electron chi connectivity index (χ2n) is 5.01. The highest BCUT2D eigenvalue weighted by Gasteiger charge is 2.14. The van der Waals surface area contributed by atoms with Crippen molar-refractivity contribution in [1.82, 2.24) is 14.6 Å². The number of hydrogen-bond donors (Lipinski definition) is 2. The van der Waals surface area contributed by atoms with Crippen molar-refractivity contribution in [2.75, 3.05) is 11.9 Å². The average Bonchev–Trinajstić information content (AvgIpc) is 2.78. The predicted molar refractivity (Wildman–Crippen MR) is 78.3 cm³/mol. The molecule has 2 heterocycles. The molecule has 1 unspecified atom stereocenters. The average molecular weight is 261 g/mol. The van der Waals surface area contributed by atoms with Gasteiger partial charge in [-0.25, -0.2) is 9.50 Å². The van der Waals surface area contributed by atoms with Crippen LogP contribution in [-0.4, -0.2) is 27.2 Å². The Balaban J connectivity index is 2.09. The van der Waals surface area contributed by atoms with E-state index in [1.807, 2.05) is 23.7 Å². The van der Waals surface area contributed by atoms with E-state index in [1.54, 1.807) is 6.20 Å². The number of aromatic nitrogens is 3. The minimum Gasteiger partial charge on any atom is -0.367 e. The van der Waals surface area contributed by atoms with Crippen LogP contribution in [0.15, 0.2) is 18.5 Å². The molecule has 0 radical (unpaired) electrons. The van der Waals surface area contributed by atoms with Gasteiger partial charge in [-0.1, -0.05) is 26.7 Å². The van der Waals surface area contributed by atoms with E-state index in [0.29, 0.717) is 5.92 Å². The first-order valence-electron chi connectivity index (χ1n) is 6.96. The largest absolute Gasteiger partial charge is 0.367 e. The molecule has 0 saturated carbocycles. The smallest absolute Gasteiger partial charge is 0.152 e. The number of nitrogens with two attached hydrogens (primary N) is 1. The molecular weight excluding hydrogens is 238 g/mol. The van der Waals surface area contributed by atoms with E-state index in [-0.39, 0.29) is 6.04 Å². The van der Waals surface area contributed by atoms with Crippen LogP contribution in [0, 0.1) is 12.8 Å². The normalized spacial score (nSPS) is 13.1. The highest BCUT2D eigenvalue weighted by molar-refractivity contribution is 5.67. The first-order chi connectivity index (χ1) is 9.15. The highest BCUT2D eigenvalue weighted by Crippen LogP contribution is 2.16. The molecule has 19 heavy (non-hydrogen) atoms. The molecule has 1 atom stereocenters. The number of fused-ring (bicyclic) bond motifs is 1. The minimum atomic E-state index is 0.154. The van der Waals surface area contributed by atoms with Crippen LogP contribution in [0.1, 0.15) is 32.4 Å². The number of hydrogen-bond acceptors (Lipinski definition) is 4. The molecule has 3 N–H and O–H groups in total. The minimum absolute atomic E-state index is 0.154. The van der Waals surface area contributed by atoms with Crippen molar-refractivity contribution in [2.45, 2.75) is 39.7 Å². The van der Waals surface area contributed by atoms with Gasteiger partial charge < -0.3 is 11.1 Å². The maximum Gasteiger partial charge on any atom is 0.152 e. The van der Waals surface area contributed by atoms with E-state index in [1.165, 1.54) is 0 Å². The lowest BCUT2D eigenvalue weighted by atomic mass is 9.95. The molecule has 0 aromatic carbocycles. The van der Waals surface area contributed by atoms with Crippen LogP contribution in [0.3, 0.4) is 0 Å². The molecule has 0 aliphatic heterocycles.